The number of anilines is 1. The number of hydrogen-bond donors (Lipinski definition) is 2. The molecule has 1 heterocycles. The quantitative estimate of drug-likeness (QED) is 0.805. The van der Waals surface area contributed by atoms with Crippen molar-refractivity contribution < 1.29 is 9.53 Å². The Morgan fingerprint density at radius 1 is 1.42 bits per heavy atom. The lowest BCUT2D eigenvalue weighted by atomic mass is 10.1. The van der Waals surface area contributed by atoms with Gasteiger partial charge in [0, 0.05) is 24.3 Å². The van der Waals surface area contributed by atoms with E-state index in [1.54, 1.807) is 11.0 Å². The molecule has 2 rings (SSSR count). The third kappa shape index (κ3) is 3.42. The number of morpholine rings is 1. The molecule has 0 saturated carbocycles. The molecule has 0 bridgehead atoms. The summed E-state index contributed by atoms with van der Waals surface area (Å²) in [5, 5.41) is 2.89. The van der Waals surface area contributed by atoms with Crippen molar-refractivity contribution in [3.63, 3.8) is 0 Å². The highest BCUT2D eigenvalue weighted by molar-refractivity contribution is 7.80. The molecule has 0 atom stereocenters. The molecule has 0 radical (unpaired) electrons. The van der Waals surface area contributed by atoms with E-state index in [1.807, 2.05) is 19.1 Å². The first kappa shape index (κ1) is 13.8. The largest absolute Gasteiger partial charge is 0.389 e. The van der Waals surface area contributed by atoms with Crippen LogP contribution in [0.25, 0.3) is 0 Å². The van der Waals surface area contributed by atoms with Gasteiger partial charge in [0.05, 0.1) is 13.2 Å². The van der Waals surface area contributed by atoms with Gasteiger partial charge < -0.3 is 20.7 Å². The molecular weight excluding hydrogens is 262 g/mol. The second kappa shape index (κ2) is 5.99. The SMILES string of the molecule is Cc1ccc(C(N)=S)cc1NC(=O)N1CCOCC1. The molecule has 102 valence electrons. The number of nitrogens with two attached hydrogens (primary N) is 1. The number of carbonyl (C=O) groups is 1. The molecule has 5 nitrogen and oxygen atoms in total. The summed E-state index contributed by atoms with van der Waals surface area (Å²) in [5.41, 5.74) is 8.06. The number of nitrogens with zero attached hydrogens (tertiary/aromatic N) is 1. The van der Waals surface area contributed by atoms with E-state index in [9.17, 15) is 4.79 Å². The lowest BCUT2D eigenvalue weighted by molar-refractivity contribution is 0.0564. The number of ether oxygens (including phenoxy) is 1. The summed E-state index contributed by atoms with van der Waals surface area (Å²) < 4.78 is 5.22. The monoisotopic (exact) mass is 279 g/mol. The van der Waals surface area contributed by atoms with Crippen molar-refractivity contribution in [3.8, 4) is 0 Å². The summed E-state index contributed by atoms with van der Waals surface area (Å²) >= 11 is 4.94. The Morgan fingerprint density at radius 2 is 2.11 bits per heavy atom. The van der Waals surface area contributed by atoms with Crippen LogP contribution in [-0.2, 0) is 4.74 Å². The molecule has 1 aliphatic heterocycles. The summed E-state index contributed by atoms with van der Waals surface area (Å²) in [6.45, 7) is 4.32. The fourth-order valence-corrected chi connectivity index (χ4v) is 2.00. The van der Waals surface area contributed by atoms with Crippen LogP contribution in [0.3, 0.4) is 0 Å². The summed E-state index contributed by atoms with van der Waals surface area (Å²) in [4.78, 5) is 14.1. The number of benzene rings is 1. The fraction of sp³-hybridized carbons (Fsp3) is 0.385. The van der Waals surface area contributed by atoms with Crippen LogP contribution in [0, 0.1) is 6.92 Å². The van der Waals surface area contributed by atoms with Gasteiger partial charge in [-0.15, -0.1) is 0 Å². The second-order valence-electron chi connectivity index (χ2n) is 4.42. The van der Waals surface area contributed by atoms with E-state index in [0.717, 1.165) is 16.8 Å². The molecule has 1 aromatic carbocycles. The lowest BCUT2D eigenvalue weighted by Crippen LogP contribution is -2.43. The predicted molar refractivity (Wildman–Crippen MR) is 78.5 cm³/mol. The topological polar surface area (TPSA) is 67.6 Å². The number of amides is 2. The van der Waals surface area contributed by atoms with E-state index >= 15 is 0 Å². The zero-order chi connectivity index (χ0) is 13.8. The molecule has 19 heavy (non-hydrogen) atoms. The van der Waals surface area contributed by atoms with Crippen LogP contribution >= 0.6 is 12.2 Å². The predicted octanol–water partition coefficient (Wildman–Crippen LogP) is 1.49. The van der Waals surface area contributed by atoms with Crippen LogP contribution in [0.2, 0.25) is 0 Å². The molecule has 1 aromatic rings. The highest BCUT2D eigenvalue weighted by Crippen LogP contribution is 2.17. The van der Waals surface area contributed by atoms with E-state index in [1.165, 1.54) is 0 Å². The van der Waals surface area contributed by atoms with Gasteiger partial charge in [-0.1, -0.05) is 24.4 Å². The Kier molecular flexibility index (Phi) is 4.34. The summed E-state index contributed by atoms with van der Waals surface area (Å²) in [5.74, 6) is 0. The molecule has 0 unspecified atom stereocenters. The highest BCUT2D eigenvalue weighted by Gasteiger charge is 2.17. The highest BCUT2D eigenvalue weighted by atomic mass is 32.1. The summed E-state index contributed by atoms with van der Waals surface area (Å²) in [6.07, 6.45) is 0. The van der Waals surface area contributed by atoms with Crippen molar-refractivity contribution in [2.24, 2.45) is 5.73 Å². The van der Waals surface area contributed by atoms with Crippen molar-refractivity contribution in [2.45, 2.75) is 6.92 Å². The van der Waals surface area contributed by atoms with Crippen molar-refractivity contribution in [3.05, 3.63) is 29.3 Å². The van der Waals surface area contributed by atoms with Crippen molar-refractivity contribution in [1.29, 1.82) is 0 Å². The molecule has 0 aromatic heterocycles. The molecule has 1 saturated heterocycles. The second-order valence-corrected chi connectivity index (χ2v) is 4.86. The van der Waals surface area contributed by atoms with Crippen LogP contribution in [0.15, 0.2) is 18.2 Å². The van der Waals surface area contributed by atoms with Gasteiger partial charge in [0.2, 0.25) is 0 Å². The maximum Gasteiger partial charge on any atom is 0.322 e. The molecule has 0 spiro atoms. The average molecular weight is 279 g/mol. The van der Waals surface area contributed by atoms with E-state index < -0.39 is 0 Å². The number of carbonyl (C=O) groups excluding carboxylic acids is 1. The minimum Gasteiger partial charge on any atom is -0.389 e. The minimum absolute atomic E-state index is 0.119. The van der Waals surface area contributed by atoms with Gasteiger partial charge in [-0.3, -0.25) is 0 Å². The normalized spacial score (nSPS) is 15.1. The Bertz CT molecular complexity index is 499. The molecule has 2 amide bonds. The number of aryl methyl sites for hydroxylation is 1. The fourth-order valence-electron chi connectivity index (χ4n) is 1.87. The van der Waals surface area contributed by atoms with Gasteiger partial charge in [0.25, 0.3) is 0 Å². The average Bonchev–Trinajstić information content (AvgIpc) is 2.42. The van der Waals surface area contributed by atoms with Gasteiger partial charge in [0.1, 0.15) is 4.99 Å². The van der Waals surface area contributed by atoms with Gasteiger partial charge in [0.15, 0.2) is 0 Å². The lowest BCUT2D eigenvalue weighted by Gasteiger charge is -2.27. The van der Waals surface area contributed by atoms with E-state index in [-0.39, 0.29) is 6.03 Å². The molecule has 6 heteroatoms. The zero-order valence-electron chi connectivity index (χ0n) is 10.8. The van der Waals surface area contributed by atoms with E-state index in [4.69, 9.17) is 22.7 Å². The van der Waals surface area contributed by atoms with Crippen molar-refractivity contribution >= 4 is 28.9 Å². The first-order chi connectivity index (χ1) is 9.08. The molecular formula is C13H17N3O2S. The first-order valence-corrected chi connectivity index (χ1v) is 6.53. The maximum atomic E-state index is 12.1. The molecule has 1 fully saturated rings. The Labute approximate surface area is 117 Å². The number of rotatable bonds is 2. The third-order valence-electron chi connectivity index (χ3n) is 3.06. The Balaban J connectivity index is 2.11. The molecule has 1 aliphatic rings. The number of nitrogens with one attached hydrogen (secondary N) is 1. The minimum atomic E-state index is -0.119. The van der Waals surface area contributed by atoms with Crippen molar-refractivity contribution in [2.75, 3.05) is 31.6 Å². The first-order valence-electron chi connectivity index (χ1n) is 6.12. The maximum absolute atomic E-state index is 12.1. The zero-order valence-corrected chi connectivity index (χ0v) is 11.6. The van der Waals surface area contributed by atoms with Gasteiger partial charge in [-0.25, -0.2) is 4.79 Å². The van der Waals surface area contributed by atoms with Crippen LogP contribution < -0.4 is 11.1 Å². The van der Waals surface area contributed by atoms with E-state index in [2.05, 4.69) is 5.32 Å². The number of urea groups is 1. The smallest absolute Gasteiger partial charge is 0.322 e. The van der Waals surface area contributed by atoms with Gasteiger partial charge >= 0.3 is 6.03 Å². The van der Waals surface area contributed by atoms with Crippen LogP contribution in [0.1, 0.15) is 11.1 Å². The number of thiocarbonyl (C=S) groups is 1. The van der Waals surface area contributed by atoms with Crippen LogP contribution in [-0.4, -0.2) is 42.2 Å². The van der Waals surface area contributed by atoms with Gasteiger partial charge in [-0.05, 0) is 18.6 Å². The summed E-state index contributed by atoms with van der Waals surface area (Å²) in [6, 6.07) is 5.42. The Hall–Kier alpha value is -1.66. The molecule has 0 aliphatic carbocycles. The van der Waals surface area contributed by atoms with Crippen LogP contribution in [0.5, 0.6) is 0 Å². The summed E-state index contributed by atoms with van der Waals surface area (Å²) in [7, 11) is 0. The van der Waals surface area contributed by atoms with E-state index in [0.29, 0.717) is 31.3 Å². The van der Waals surface area contributed by atoms with Crippen LogP contribution in [0.4, 0.5) is 10.5 Å². The third-order valence-corrected chi connectivity index (χ3v) is 3.30. The number of hydrogen-bond acceptors (Lipinski definition) is 3. The van der Waals surface area contributed by atoms with Crippen molar-refractivity contribution in [1.82, 2.24) is 4.90 Å². The standard InChI is InChI=1S/C13H17N3O2S/c1-9-2-3-10(12(14)19)8-11(9)15-13(17)16-4-6-18-7-5-16/h2-3,8H,4-7H2,1H3,(H2,14,19)(H,15,17). The Morgan fingerprint density at radius 3 is 2.74 bits per heavy atom. The molecule has 3 N–H and O–H groups in total. The van der Waals surface area contributed by atoms with Gasteiger partial charge in [-0.2, -0.15) is 0 Å².